The average Bonchev–Trinajstić information content (AvgIpc) is 2.61. The summed E-state index contributed by atoms with van der Waals surface area (Å²) in [7, 11) is 1.99. The van der Waals surface area contributed by atoms with Crippen LogP contribution in [0.5, 0.6) is 0 Å². The van der Waals surface area contributed by atoms with Crippen molar-refractivity contribution in [1.82, 2.24) is 14.9 Å². The fourth-order valence-electron chi connectivity index (χ4n) is 1.83. The van der Waals surface area contributed by atoms with Crippen LogP contribution in [0.4, 0.5) is 5.69 Å². The van der Waals surface area contributed by atoms with Crippen LogP contribution in [-0.2, 0) is 13.6 Å². The van der Waals surface area contributed by atoms with Gasteiger partial charge in [-0.1, -0.05) is 0 Å². The number of hydrogen-bond acceptors (Lipinski definition) is 4. The fraction of sp³-hybridized carbons (Fsp3) is 0.417. The van der Waals surface area contributed by atoms with Crippen LogP contribution in [0.25, 0.3) is 11.0 Å². The van der Waals surface area contributed by atoms with Gasteiger partial charge in [0.2, 0.25) is 0 Å². The van der Waals surface area contributed by atoms with Crippen molar-refractivity contribution >= 4 is 16.7 Å². The lowest BCUT2D eigenvalue weighted by atomic mass is 10.3. The summed E-state index contributed by atoms with van der Waals surface area (Å²) in [6.45, 7) is 1.71. The van der Waals surface area contributed by atoms with Gasteiger partial charge < -0.3 is 20.7 Å². The second-order valence-corrected chi connectivity index (χ2v) is 4.09. The summed E-state index contributed by atoms with van der Waals surface area (Å²) in [5, 5.41) is 11.9. The number of nitrogens with zero attached hydrogens (tertiary/aromatic N) is 2. The SMILES string of the molecule is Cn1c(CNCCCO)nc2cc(N)ccc21. The third-order valence-corrected chi connectivity index (χ3v) is 2.79. The summed E-state index contributed by atoms with van der Waals surface area (Å²) in [6, 6.07) is 5.74. The molecule has 5 heteroatoms. The molecule has 0 fully saturated rings. The zero-order valence-corrected chi connectivity index (χ0v) is 9.98. The van der Waals surface area contributed by atoms with E-state index in [1.807, 2.05) is 25.2 Å². The Morgan fingerprint density at radius 3 is 3.06 bits per heavy atom. The number of aryl methyl sites for hydroxylation is 1. The van der Waals surface area contributed by atoms with Crippen molar-refractivity contribution < 1.29 is 5.11 Å². The number of nitrogens with one attached hydrogen (secondary N) is 1. The monoisotopic (exact) mass is 234 g/mol. The number of imidazole rings is 1. The average molecular weight is 234 g/mol. The first-order chi connectivity index (χ1) is 8.22. The minimum atomic E-state index is 0.214. The van der Waals surface area contributed by atoms with E-state index in [1.165, 1.54) is 0 Å². The molecule has 0 spiro atoms. The third-order valence-electron chi connectivity index (χ3n) is 2.79. The van der Waals surface area contributed by atoms with Gasteiger partial charge in [0.05, 0.1) is 17.6 Å². The molecule has 0 amide bonds. The predicted octanol–water partition coefficient (Wildman–Crippen LogP) is 0.627. The summed E-state index contributed by atoms with van der Waals surface area (Å²) in [4.78, 5) is 4.53. The third kappa shape index (κ3) is 2.57. The number of aliphatic hydroxyl groups excluding tert-OH is 1. The van der Waals surface area contributed by atoms with Gasteiger partial charge in [0.15, 0.2) is 0 Å². The van der Waals surface area contributed by atoms with Crippen LogP contribution in [0.3, 0.4) is 0 Å². The van der Waals surface area contributed by atoms with Crippen molar-refractivity contribution in [1.29, 1.82) is 0 Å². The number of hydrogen-bond donors (Lipinski definition) is 3. The summed E-state index contributed by atoms with van der Waals surface area (Å²) in [5.41, 5.74) is 8.47. The van der Waals surface area contributed by atoms with E-state index in [2.05, 4.69) is 14.9 Å². The van der Waals surface area contributed by atoms with Gasteiger partial charge in [0, 0.05) is 19.3 Å². The Morgan fingerprint density at radius 1 is 1.47 bits per heavy atom. The van der Waals surface area contributed by atoms with Crippen molar-refractivity contribution in [2.24, 2.45) is 7.05 Å². The second-order valence-electron chi connectivity index (χ2n) is 4.09. The molecule has 5 nitrogen and oxygen atoms in total. The molecule has 92 valence electrons. The molecule has 4 N–H and O–H groups in total. The van der Waals surface area contributed by atoms with Gasteiger partial charge in [-0.05, 0) is 31.2 Å². The lowest BCUT2D eigenvalue weighted by molar-refractivity contribution is 0.285. The van der Waals surface area contributed by atoms with E-state index >= 15 is 0 Å². The standard InChI is InChI=1S/C12H18N4O/c1-16-11-4-3-9(13)7-10(11)15-12(16)8-14-5-2-6-17/h3-4,7,14,17H,2,5-6,8,13H2,1H3. The zero-order chi connectivity index (χ0) is 12.3. The molecule has 0 bridgehead atoms. The highest BCUT2D eigenvalue weighted by Crippen LogP contribution is 2.17. The molecule has 0 saturated heterocycles. The normalized spacial score (nSPS) is 11.2. The van der Waals surface area contributed by atoms with E-state index in [-0.39, 0.29) is 6.61 Å². The lowest BCUT2D eigenvalue weighted by Gasteiger charge is -2.03. The Bertz CT molecular complexity index is 506. The molecule has 2 aromatic rings. The fourth-order valence-corrected chi connectivity index (χ4v) is 1.83. The van der Waals surface area contributed by atoms with Crippen LogP contribution in [-0.4, -0.2) is 27.8 Å². The van der Waals surface area contributed by atoms with Crippen LogP contribution in [0.15, 0.2) is 18.2 Å². The highest BCUT2D eigenvalue weighted by atomic mass is 16.3. The molecule has 1 aromatic carbocycles. The summed E-state index contributed by atoms with van der Waals surface area (Å²) in [6.07, 6.45) is 0.761. The minimum absolute atomic E-state index is 0.214. The van der Waals surface area contributed by atoms with E-state index < -0.39 is 0 Å². The number of nitrogen functional groups attached to an aromatic ring is 1. The molecule has 2 rings (SSSR count). The van der Waals surface area contributed by atoms with Crippen molar-refractivity contribution in [3.8, 4) is 0 Å². The predicted molar refractivity (Wildman–Crippen MR) is 68.5 cm³/mol. The maximum atomic E-state index is 8.69. The van der Waals surface area contributed by atoms with Crippen LogP contribution in [0, 0.1) is 0 Å². The molecule has 17 heavy (non-hydrogen) atoms. The van der Waals surface area contributed by atoms with Crippen LogP contribution in [0.1, 0.15) is 12.2 Å². The van der Waals surface area contributed by atoms with Gasteiger partial charge in [-0.25, -0.2) is 4.98 Å². The van der Waals surface area contributed by atoms with Gasteiger partial charge in [-0.2, -0.15) is 0 Å². The molecule has 0 saturated carbocycles. The molecular formula is C12H18N4O. The molecule has 0 unspecified atom stereocenters. The van der Waals surface area contributed by atoms with E-state index in [1.54, 1.807) is 0 Å². The summed E-state index contributed by atoms with van der Waals surface area (Å²) < 4.78 is 2.06. The number of benzene rings is 1. The minimum Gasteiger partial charge on any atom is -0.399 e. The van der Waals surface area contributed by atoms with E-state index in [0.717, 1.165) is 35.5 Å². The highest BCUT2D eigenvalue weighted by molar-refractivity contribution is 5.79. The van der Waals surface area contributed by atoms with E-state index in [9.17, 15) is 0 Å². The molecule has 0 atom stereocenters. The number of anilines is 1. The van der Waals surface area contributed by atoms with E-state index in [0.29, 0.717) is 6.54 Å². The lowest BCUT2D eigenvalue weighted by Crippen LogP contribution is -2.18. The first kappa shape index (κ1) is 11.9. The highest BCUT2D eigenvalue weighted by Gasteiger charge is 2.06. The topological polar surface area (TPSA) is 76.1 Å². The molecular weight excluding hydrogens is 216 g/mol. The van der Waals surface area contributed by atoms with Crippen LogP contribution < -0.4 is 11.1 Å². The van der Waals surface area contributed by atoms with Gasteiger partial charge >= 0.3 is 0 Å². The zero-order valence-electron chi connectivity index (χ0n) is 9.98. The van der Waals surface area contributed by atoms with Crippen molar-refractivity contribution in [3.63, 3.8) is 0 Å². The number of nitrogens with two attached hydrogens (primary N) is 1. The molecule has 0 aliphatic rings. The Morgan fingerprint density at radius 2 is 2.29 bits per heavy atom. The van der Waals surface area contributed by atoms with Crippen molar-refractivity contribution in [3.05, 3.63) is 24.0 Å². The van der Waals surface area contributed by atoms with Gasteiger partial charge in [0.1, 0.15) is 5.82 Å². The molecule has 0 aliphatic carbocycles. The largest absolute Gasteiger partial charge is 0.399 e. The van der Waals surface area contributed by atoms with E-state index in [4.69, 9.17) is 10.8 Å². The Labute approximate surface area is 100 Å². The Kier molecular flexibility index (Phi) is 3.61. The Hall–Kier alpha value is -1.59. The second kappa shape index (κ2) is 5.16. The Balaban J connectivity index is 2.15. The van der Waals surface area contributed by atoms with Crippen LogP contribution in [0.2, 0.25) is 0 Å². The first-order valence-corrected chi connectivity index (χ1v) is 5.75. The molecule has 1 aromatic heterocycles. The maximum absolute atomic E-state index is 8.69. The number of fused-ring (bicyclic) bond motifs is 1. The van der Waals surface area contributed by atoms with Crippen molar-refractivity contribution in [2.45, 2.75) is 13.0 Å². The van der Waals surface area contributed by atoms with Gasteiger partial charge in [0.25, 0.3) is 0 Å². The number of rotatable bonds is 5. The van der Waals surface area contributed by atoms with Gasteiger partial charge in [-0.15, -0.1) is 0 Å². The summed E-state index contributed by atoms with van der Waals surface area (Å²) >= 11 is 0. The number of aromatic nitrogens is 2. The maximum Gasteiger partial charge on any atom is 0.123 e. The molecule has 0 radical (unpaired) electrons. The van der Waals surface area contributed by atoms with Crippen LogP contribution >= 0.6 is 0 Å². The molecule has 0 aliphatic heterocycles. The van der Waals surface area contributed by atoms with Gasteiger partial charge in [-0.3, -0.25) is 0 Å². The smallest absolute Gasteiger partial charge is 0.123 e. The number of aliphatic hydroxyl groups is 1. The van der Waals surface area contributed by atoms with Crippen molar-refractivity contribution in [2.75, 3.05) is 18.9 Å². The molecule has 1 heterocycles. The first-order valence-electron chi connectivity index (χ1n) is 5.75. The quantitative estimate of drug-likeness (QED) is 0.524. The summed E-state index contributed by atoms with van der Waals surface area (Å²) in [5.74, 6) is 0.975.